The maximum absolute atomic E-state index is 10.0. The number of aliphatic hydroxyl groups is 1. The molecule has 0 radical (unpaired) electrons. The normalized spacial score (nSPS) is 13.5. The maximum atomic E-state index is 10.0. The number of rotatable bonds is 5. The largest absolute Gasteiger partial charge is 0.333 e. The molecule has 0 aliphatic carbocycles. The Morgan fingerprint density at radius 2 is 1.91 bits per heavy atom. The Kier molecular flexibility index (Phi) is 4.77. The molecule has 0 saturated carbocycles. The molecule has 0 fully saturated rings. The average Bonchev–Trinajstić information content (AvgIpc) is 1.99. The van der Waals surface area contributed by atoms with Crippen molar-refractivity contribution in [1.82, 2.24) is 0 Å². The number of hydrogen-bond donors (Lipinski definition) is 1. The molecule has 0 aromatic carbocycles. The molecule has 4 heteroatoms. The third kappa shape index (κ3) is 3.93. The maximum Gasteiger partial charge on any atom is 0.313 e. The van der Waals surface area contributed by atoms with Crippen molar-refractivity contribution in [3.63, 3.8) is 0 Å². The van der Waals surface area contributed by atoms with Crippen molar-refractivity contribution in [3.8, 4) is 0 Å². The van der Waals surface area contributed by atoms with Gasteiger partial charge in [-0.05, 0) is 5.92 Å². The summed E-state index contributed by atoms with van der Waals surface area (Å²) in [4.78, 5) is 9.38. The van der Waals surface area contributed by atoms with E-state index in [1.807, 2.05) is 13.8 Å². The fourth-order valence-electron chi connectivity index (χ4n) is 1.01. The molecule has 0 aliphatic rings. The number of hydrogen-bond acceptors (Lipinski definition) is 3. The predicted octanol–water partition coefficient (Wildman–Crippen LogP) is 1.41. The van der Waals surface area contributed by atoms with Crippen LogP contribution < -0.4 is 0 Å². The van der Waals surface area contributed by atoms with Gasteiger partial charge in [0, 0.05) is 6.42 Å². The minimum atomic E-state index is -1.38. The summed E-state index contributed by atoms with van der Waals surface area (Å²) in [5.74, 6) is 0.274. The van der Waals surface area contributed by atoms with Crippen LogP contribution in [0.3, 0.4) is 0 Å². The van der Waals surface area contributed by atoms with Crippen molar-refractivity contribution in [2.24, 2.45) is 5.92 Å². The van der Waals surface area contributed by atoms with E-state index in [0.717, 1.165) is 12.8 Å². The zero-order valence-electron chi connectivity index (χ0n) is 6.99. The highest BCUT2D eigenvalue weighted by Crippen LogP contribution is 2.14. The zero-order chi connectivity index (χ0) is 8.85. The minimum absolute atomic E-state index is 0.274. The average molecular weight is 161 g/mol. The Hall–Kier alpha value is -0.640. The van der Waals surface area contributed by atoms with E-state index in [1.54, 1.807) is 0 Å². The Morgan fingerprint density at radius 3 is 2.18 bits per heavy atom. The van der Waals surface area contributed by atoms with E-state index in [9.17, 15) is 10.1 Å². The summed E-state index contributed by atoms with van der Waals surface area (Å²) < 4.78 is 0. The van der Waals surface area contributed by atoms with Gasteiger partial charge in [-0.3, -0.25) is 10.1 Å². The van der Waals surface area contributed by atoms with Crippen molar-refractivity contribution in [2.45, 2.75) is 39.3 Å². The van der Waals surface area contributed by atoms with Crippen molar-refractivity contribution < 1.29 is 10.0 Å². The first-order chi connectivity index (χ1) is 5.11. The van der Waals surface area contributed by atoms with Crippen LogP contribution >= 0.6 is 0 Å². The van der Waals surface area contributed by atoms with Gasteiger partial charge in [0.05, 0.1) is 4.92 Å². The third-order valence-electron chi connectivity index (χ3n) is 1.94. The Bertz CT molecular complexity index is 123. The lowest BCUT2D eigenvalue weighted by molar-refractivity contribution is -0.572. The van der Waals surface area contributed by atoms with Crippen LogP contribution in [0, 0.1) is 16.0 Å². The van der Waals surface area contributed by atoms with Crippen molar-refractivity contribution >= 4 is 0 Å². The molecule has 0 amide bonds. The molecule has 0 aromatic heterocycles. The molecule has 1 atom stereocenters. The molecule has 0 heterocycles. The second-order valence-corrected chi connectivity index (χ2v) is 2.68. The number of nitrogens with zero attached hydrogens (tertiary/aromatic N) is 1. The van der Waals surface area contributed by atoms with Crippen LogP contribution in [-0.2, 0) is 0 Å². The van der Waals surface area contributed by atoms with E-state index in [4.69, 9.17) is 5.11 Å². The highest BCUT2D eigenvalue weighted by molar-refractivity contribution is 4.55. The molecule has 11 heavy (non-hydrogen) atoms. The summed E-state index contributed by atoms with van der Waals surface area (Å²) in [6.45, 7) is 3.95. The van der Waals surface area contributed by atoms with Gasteiger partial charge in [-0.1, -0.05) is 26.7 Å². The fourth-order valence-corrected chi connectivity index (χ4v) is 1.01. The molecule has 0 rings (SSSR count). The SMILES string of the molecule is CCC(CC)CC(O)[N+](=O)[O-]. The second-order valence-electron chi connectivity index (χ2n) is 2.68. The van der Waals surface area contributed by atoms with Crippen molar-refractivity contribution in [2.75, 3.05) is 0 Å². The van der Waals surface area contributed by atoms with E-state index in [-0.39, 0.29) is 12.3 Å². The first-order valence-electron chi connectivity index (χ1n) is 3.93. The lowest BCUT2D eigenvalue weighted by atomic mass is 9.99. The van der Waals surface area contributed by atoms with Crippen LogP contribution in [0.15, 0.2) is 0 Å². The summed E-state index contributed by atoms with van der Waals surface area (Å²) in [7, 11) is 0. The molecule has 0 bridgehead atoms. The Labute approximate surface area is 66.4 Å². The summed E-state index contributed by atoms with van der Waals surface area (Å²) in [6.07, 6.45) is 0.683. The highest BCUT2D eigenvalue weighted by atomic mass is 16.7. The van der Waals surface area contributed by atoms with Crippen molar-refractivity contribution in [1.29, 1.82) is 0 Å². The first-order valence-corrected chi connectivity index (χ1v) is 3.93. The highest BCUT2D eigenvalue weighted by Gasteiger charge is 2.19. The monoisotopic (exact) mass is 161 g/mol. The fraction of sp³-hybridized carbons (Fsp3) is 1.00. The quantitative estimate of drug-likeness (QED) is 0.376. The van der Waals surface area contributed by atoms with Crippen LogP contribution in [0.5, 0.6) is 0 Å². The summed E-state index contributed by atoms with van der Waals surface area (Å²) in [5.41, 5.74) is 0. The van der Waals surface area contributed by atoms with E-state index in [1.165, 1.54) is 0 Å². The van der Waals surface area contributed by atoms with Gasteiger partial charge in [-0.15, -0.1) is 0 Å². The molecule has 66 valence electrons. The molecule has 0 aliphatic heterocycles. The van der Waals surface area contributed by atoms with Crippen LogP contribution in [-0.4, -0.2) is 16.3 Å². The Morgan fingerprint density at radius 1 is 1.45 bits per heavy atom. The van der Waals surface area contributed by atoms with Crippen LogP contribution in [0.4, 0.5) is 0 Å². The zero-order valence-corrected chi connectivity index (χ0v) is 6.99. The summed E-state index contributed by atoms with van der Waals surface area (Å²) in [5, 5.41) is 18.9. The van der Waals surface area contributed by atoms with Gasteiger partial charge < -0.3 is 5.11 Å². The lowest BCUT2D eigenvalue weighted by Crippen LogP contribution is -2.21. The van der Waals surface area contributed by atoms with Gasteiger partial charge in [-0.2, -0.15) is 0 Å². The molecule has 0 spiro atoms. The second kappa shape index (κ2) is 5.07. The van der Waals surface area contributed by atoms with Gasteiger partial charge in [0.15, 0.2) is 0 Å². The van der Waals surface area contributed by atoms with Crippen LogP contribution in [0.1, 0.15) is 33.1 Å². The topological polar surface area (TPSA) is 63.4 Å². The van der Waals surface area contributed by atoms with Crippen LogP contribution in [0.25, 0.3) is 0 Å². The molecule has 0 saturated heterocycles. The molecule has 1 N–H and O–H groups in total. The molecule has 0 aromatic rings. The van der Waals surface area contributed by atoms with E-state index in [0.29, 0.717) is 0 Å². The van der Waals surface area contributed by atoms with Gasteiger partial charge in [-0.25, -0.2) is 0 Å². The van der Waals surface area contributed by atoms with E-state index in [2.05, 4.69) is 0 Å². The minimum Gasteiger partial charge on any atom is -0.333 e. The van der Waals surface area contributed by atoms with Gasteiger partial charge in [0.2, 0.25) is 0 Å². The molecular formula is C7H15NO3. The molecular weight excluding hydrogens is 146 g/mol. The van der Waals surface area contributed by atoms with E-state index >= 15 is 0 Å². The third-order valence-corrected chi connectivity index (χ3v) is 1.94. The van der Waals surface area contributed by atoms with Gasteiger partial charge in [0.25, 0.3) is 0 Å². The van der Waals surface area contributed by atoms with E-state index < -0.39 is 11.2 Å². The van der Waals surface area contributed by atoms with Gasteiger partial charge >= 0.3 is 6.23 Å². The standard InChI is InChI=1S/C7H15NO3/c1-3-6(4-2)5-7(9)8(10)11/h6-7,9H,3-5H2,1-2H3. The van der Waals surface area contributed by atoms with Crippen LogP contribution in [0.2, 0.25) is 0 Å². The number of nitro groups is 1. The summed E-state index contributed by atoms with van der Waals surface area (Å²) in [6, 6.07) is 0. The smallest absolute Gasteiger partial charge is 0.313 e. The number of aliphatic hydroxyl groups excluding tert-OH is 1. The molecule has 1 unspecified atom stereocenters. The van der Waals surface area contributed by atoms with Gasteiger partial charge in [0.1, 0.15) is 0 Å². The molecule has 4 nitrogen and oxygen atoms in total. The van der Waals surface area contributed by atoms with Crippen molar-refractivity contribution in [3.05, 3.63) is 10.1 Å². The Balaban J connectivity index is 3.71. The predicted molar refractivity (Wildman–Crippen MR) is 41.7 cm³/mol. The first kappa shape index (κ1) is 10.4. The summed E-state index contributed by atoms with van der Waals surface area (Å²) >= 11 is 0. The lowest BCUT2D eigenvalue weighted by Gasteiger charge is -2.11.